The summed E-state index contributed by atoms with van der Waals surface area (Å²) in [6, 6.07) is 9.06. The maximum atomic E-state index is 12.1. The van der Waals surface area contributed by atoms with E-state index in [1.165, 1.54) is 0 Å². The predicted molar refractivity (Wildman–Crippen MR) is 87.6 cm³/mol. The van der Waals surface area contributed by atoms with Gasteiger partial charge >= 0.3 is 0 Å². The van der Waals surface area contributed by atoms with Crippen LogP contribution in [0.25, 0.3) is 11.3 Å². The summed E-state index contributed by atoms with van der Waals surface area (Å²) in [4.78, 5) is 12.1. The molecule has 1 aromatic heterocycles. The third kappa shape index (κ3) is 4.00. The van der Waals surface area contributed by atoms with Gasteiger partial charge in [-0.1, -0.05) is 28.9 Å². The van der Waals surface area contributed by atoms with E-state index in [2.05, 4.69) is 15.8 Å². The molecular weight excluding hydrogens is 325 g/mol. The van der Waals surface area contributed by atoms with Crippen molar-refractivity contribution in [3.8, 4) is 11.3 Å². The number of carbonyl (C=O) groups is 1. The molecule has 1 fully saturated rings. The first-order valence-corrected chi connectivity index (χ1v) is 7.34. The molecule has 0 radical (unpaired) electrons. The Labute approximate surface area is 139 Å². The van der Waals surface area contributed by atoms with Gasteiger partial charge in [0.15, 0.2) is 0 Å². The Morgan fingerprint density at radius 3 is 3.00 bits per heavy atom. The highest BCUT2D eigenvalue weighted by molar-refractivity contribution is 6.30. The van der Waals surface area contributed by atoms with E-state index in [9.17, 15) is 4.79 Å². The average molecular weight is 342 g/mol. The van der Waals surface area contributed by atoms with Crippen LogP contribution in [0, 0.1) is 0 Å². The minimum atomic E-state index is -0.232. The summed E-state index contributed by atoms with van der Waals surface area (Å²) in [5.74, 6) is -0.0139. The lowest BCUT2D eigenvalue weighted by atomic mass is 10.1. The Balaban J connectivity index is 0.00000176. The van der Waals surface area contributed by atoms with Crippen molar-refractivity contribution >= 4 is 29.9 Å². The number of nitrogens with one attached hydrogen (secondary N) is 2. The normalized spacial score (nSPS) is 17.6. The molecule has 0 aliphatic carbocycles. The first kappa shape index (κ1) is 16.8. The highest BCUT2D eigenvalue weighted by atomic mass is 35.5. The van der Waals surface area contributed by atoms with Crippen molar-refractivity contribution in [2.45, 2.75) is 18.9 Å². The summed E-state index contributed by atoms with van der Waals surface area (Å²) >= 11 is 5.95. The van der Waals surface area contributed by atoms with Gasteiger partial charge in [-0.25, -0.2) is 0 Å². The van der Waals surface area contributed by atoms with Crippen LogP contribution in [-0.2, 0) is 0 Å². The van der Waals surface area contributed by atoms with Crippen LogP contribution in [0.1, 0.15) is 23.4 Å². The van der Waals surface area contributed by atoms with Gasteiger partial charge in [0.25, 0.3) is 5.91 Å². The van der Waals surface area contributed by atoms with E-state index >= 15 is 0 Å². The van der Waals surface area contributed by atoms with Crippen LogP contribution in [0.3, 0.4) is 0 Å². The number of hydrogen-bond acceptors (Lipinski definition) is 4. The van der Waals surface area contributed by atoms with Crippen molar-refractivity contribution in [1.29, 1.82) is 0 Å². The van der Waals surface area contributed by atoms with Gasteiger partial charge in [-0.3, -0.25) is 4.79 Å². The monoisotopic (exact) mass is 341 g/mol. The number of halogens is 2. The van der Waals surface area contributed by atoms with Crippen molar-refractivity contribution in [3.63, 3.8) is 0 Å². The lowest BCUT2D eigenvalue weighted by Crippen LogP contribution is -2.45. The van der Waals surface area contributed by atoms with Gasteiger partial charge in [-0.2, -0.15) is 0 Å². The Kier molecular flexibility index (Phi) is 5.83. The molecule has 1 atom stereocenters. The number of rotatable bonds is 3. The molecule has 1 saturated heterocycles. The van der Waals surface area contributed by atoms with Gasteiger partial charge in [0.1, 0.15) is 5.69 Å². The molecule has 1 aliphatic rings. The summed E-state index contributed by atoms with van der Waals surface area (Å²) in [5, 5.41) is 10.8. The standard InChI is InChI=1S/C15H16ClN3O2.ClH/c16-11-4-1-3-10(7-11)13-8-14(21-19-13)15(20)18-12-5-2-6-17-9-12;/h1,3-4,7-8,12,17H,2,5-6,9H2,(H,18,20);1H/t12-;/m0./s1. The quantitative estimate of drug-likeness (QED) is 0.900. The zero-order valence-electron chi connectivity index (χ0n) is 11.8. The van der Waals surface area contributed by atoms with E-state index in [1.807, 2.05) is 12.1 Å². The zero-order chi connectivity index (χ0) is 14.7. The molecule has 0 bridgehead atoms. The van der Waals surface area contributed by atoms with Gasteiger partial charge in [0, 0.05) is 29.2 Å². The molecule has 0 spiro atoms. The van der Waals surface area contributed by atoms with Gasteiger partial charge in [0.2, 0.25) is 5.76 Å². The van der Waals surface area contributed by atoms with E-state index in [1.54, 1.807) is 18.2 Å². The predicted octanol–water partition coefficient (Wildman–Crippen LogP) is 2.90. The average Bonchev–Trinajstić information content (AvgIpc) is 2.98. The summed E-state index contributed by atoms with van der Waals surface area (Å²) < 4.78 is 5.14. The Hall–Kier alpha value is -1.56. The smallest absolute Gasteiger partial charge is 0.290 e. The Morgan fingerprint density at radius 2 is 2.27 bits per heavy atom. The number of benzene rings is 1. The molecule has 2 aromatic rings. The molecule has 0 saturated carbocycles. The number of hydrogen-bond donors (Lipinski definition) is 2. The van der Waals surface area contributed by atoms with Gasteiger partial charge in [-0.05, 0) is 31.5 Å². The summed E-state index contributed by atoms with van der Waals surface area (Å²) in [6.45, 7) is 1.80. The van der Waals surface area contributed by atoms with E-state index in [0.29, 0.717) is 10.7 Å². The Bertz CT molecular complexity index is 639. The second-order valence-electron chi connectivity index (χ2n) is 5.10. The molecule has 7 heteroatoms. The van der Waals surface area contributed by atoms with Crippen molar-refractivity contribution in [2.24, 2.45) is 0 Å². The zero-order valence-corrected chi connectivity index (χ0v) is 13.4. The minimum absolute atomic E-state index is 0. The molecule has 3 rings (SSSR count). The number of nitrogens with zero attached hydrogens (tertiary/aromatic N) is 1. The molecule has 1 aromatic carbocycles. The maximum absolute atomic E-state index is 12.1. The Morgan fingerprint density at radius 1 is 1.41 bits per heavy atom. The van der Waals surface area contributed by atoms with Gasteiger partial charge in [-0.15, -0.1) is 12.4 Å². The SMILES string of the molecule is Cl.O=C(N[C@H]1CCCNC1)c1cc(-c2cccc(Cl)c2)no1. The fraction of sp³-hybridized carbons (Fsp3) is 0.333. The maximum Gasteiger partial charge on any atom is 0.290 e. The molecule has 118 valence electrons. The fourth-order valence-electron chi connectivity index (χ4n) is 2.40. The topological polar surface area (TPSA) is 67.2 Å². The third-order valence-electron chi connectivity index (χ3n) is 3.49. The van der Waals surface area contributed by atoms with Gasteiger partial charge < -0.3 is 15.2 Å². The lowest BCUT2D eigenvalue weighted by molar-refractivity contribution is 0.0893. The molecule has 0 unspecified atom stereocenters. The highest BCUT2D eigenvalue weighted by Gasteiger charge is 2.19. The van der Waals surface area contributed by atoms with Crippen LogP contribution < -0.4 is 10.6 Å². The lowest BCUT2D eigenvalue weighted by Gasteiger charge is -2.23. The first-order chi connectivity index (χ1) is 10.2. The number of carbonyl (C=O) groups excluding carboxylic acids is 1. The molecule has 5 nitrogen and oxygen atoms in total. The van der Waals surface area contributed by atoms with Crippen molar-refractivity contribution in [1.82, 2.24) is 15.8 Å². The van der Waals surface area contributed by atoms with Crippen molar-refractivity contribution in [2.75, 3.05) is 13.1 Å². The van der Waals surface area contributed by atoms with E-state index in [-0.39, 0.29) is 30.1 Å². The highest BCUT2D eigenvalue weighted by Crippen LogP contribution is 2.22. The summed E-state index contributed by atoms with van der Waals surface area (Å²) in [5.41, 5.74) is 1.43. The van der Waals surface area contributed by atoms with Gasteiger partial charge in [0.05, 0.1) is 0 Å². The minimum Gasteiger partial charge on any atom is -0.350 e. The molecule has 2 heterocycles. The third-order valence-corrected chi connectivity index (χ3v) is 3.72. The number of amides is 1. The summed E-state index contributed by atoms with van der Waals surface area (Å²) in [6.07, 6.45) is 2.04. The van der Waals surface area contributed by atoms with E-state index < -0.39 is 0 Å². The second-order valence-corrected chi connectivity index (χ2v) is 5.54. The molecule has 1 aliphatic heterocycles. The van der Waals surface area contributed by atoms with E-state index in [0.717, 1.165) is 31.5 Å². The van der Waals surface area contributed by atoms with Crippen LogP contribution in [-0.4, -0.2) is 30.2 Å². The number of aromatic nitrogens is 1. The largest absolute Gasteiger partial charge is 0.350 e. The van der Waals surface area contributed by atoms with Crippen molar-refractivity contribution in [3.05, 3.63) is 41.1 Å². The van der Waals surface area contributed by atoms with E-state index in [4.69, 9.17) is 16.1 Å². The fourth-order valence-corrected chi connectivity index (χ4v) is 2.59. The second kappa shape index (κ2) is 7.63. The molecule has 1 amide bonds. The van der Waals surface area contributed by atoms with Crippen LogP contribution in [0.4, 0.5) is 0 Å². The van der Waals surface area contributed by atoms with Crippen LogP contribution in [0.5, 0.6) is 0 Å². The molecule has 22 heavy (non-hydrogen) atoms. The van der Waals surface area contributed by atoms with Crippen molar-refractivity contribution < 1.29 is 9.32 Å². The van der Waals surface area contributed by atoms with Crippen LogP contribution in [0.2, 0.25) is 5.02 Å². The number of piperidine rings is 1. The summed E-state index contributed by atoms with van der Waals surface area (Å²) in [7, 11) is 0. The molecule has 2 N–H and O–H groups in total. The van der Waals surface area contributed by atoms with Crippen LogP contribution >= 0.6 is 24.0 Å². The van der Waals surface area contributed by atoms with Crippen LogP contribution in [0.15, 0.2) is 34.9 Å². The molecular formula is C15H17Cl2N3O2. The first-order valence-electron chi connectivity index (χ1n) is 6.96.